The Kier molecular flexibility index (Phi) is 5.11. The number of amides is 2. The smallest absolute Gasteiger partial charge is 0.291 e. The van der Waals surface area contributed by atoms with E-state index < -0.39 is 0 Å². The molecule has 2 N–H and O–H groups in total. The van der Waals surface area contributed by atoms with E-state index in [1.165, 1.54) is 13.4 Å². The van der Waals surface area contributed by atoms with E-state index in [0.29, 0.717) is 12.2 Å². The second-order valence-electron chi connectivity index (χ2n) is 4.34. The van der Waals surface area contributed by atoms with Crippen LogP contribution in [0.2, 0.25) is 0 Å². The molecule has 2 aromatic rings. The molecule has 110 valence electrons. The van der Waals surface area contributed by atoms with Crippen molar-refractivity contribution in [2.75, 3.05) is 19.0 Å². The summed E-state index contributed by atoms with van der Waals surface area (Å²) >= 11 is 0. The SMILES string of the molecule is COCC(=O)NCc1ccc(NC(=O)c2ccco2)cc1. The monoisotopic (exact) mass is 288 g/mol. The summed E-state index contributed by atoms with van der Waals surface area (Å²) in [5.41, 5.74) is 1.58. The number of anilines is 1. The van der Waals surface area contributed by atoms with Crippen molar-refractivity contribution in [2.24, 2.45) is 0 Å². The molecule has 0 saturated heterocycles. The molecule has 2 rings (SSSR count). The maximum Gasteiger partial charge on any atom is 0.291 e. The minimum absolute atomic E-state index is 0.0390. The average Bonchev–Trinajstić information content (AvgIpc) is 3.01. The molecule has 21 heavy (non-hydrogen) atoms. The number of carbonyl (C=O) groups is 2. The van der Waals surface area contributed by atoms with Gasteiger partial charge in [0.1, 0.15) is 6.61 Å². The van der Waals surface area contributed by atoms with Crippen LogP contribution < -0.4 is 10.6 Å². The molecule has 0 radical (unpaired) electrons. The standard InChI is InChI=1S/C15H16N2O4/c1-20-10-14(18)16-9-11-4-6-12(7-5-11)17-15(19)13-3-2-8-21-13/h2-8H,9-10H2,1H3,(H,16,18)(H,17,19). The Balaban J connectivity index is 1.87. The number of methoxy groups -OCH3 is 1. The first kappa shape index (κ1) is 14.8. The summed E-state index contributed by atoms with van der Waals surface area (Å²) in [6.45, 7) is 0.450. The summed E-state index contributed by atoms with van der Waals surface area (Å²) in [6, 6.07) is 10.4. The molecule has 0 saturated carbocycles. The molecule has 0 spiro atoms. The highest BCUT2D eigenvalue weighted by molar-refractivity contribution is 6.02. The lowest BCUT2D eigenvalue weighted by atomic mass is 10.2. The van der Waals surface area contributed by atoms with Crippen LogP contribution in [0.1, 0.15) is 16.1 Å². The van der Waals surface area contributed by atoms with Gasteiger partial charge in [0.25, 0.3) is 5.91 Å². The molecular formula is C15H16N2O4. The van der Waals surface area contributed by atoms with Gasteiger partial charge in [-0.15, -0.1) is 0 Å². The molecule has 6 heteroatoms. The summed E-state index contributed by atoms with van der Waals surface area (Å²) in [6.07, 6.45) is 1.45. The van der Waals surface area contributed by atoms with Crippen molar-refractivity contribution < 1.29 is 18.7 Å². The number of benzene rings is 1. The Labute approximate surface area is 122 Å². The van der Waals surface area contributed by atoms with Crippen LogP contribution in [0.15, 0.2) is 47.1 Å². The van der Waals surface area contributed by atoms with Crippen LogP contribution in [-0.4, -0.2) is 25.5 Å². The second-order valence-corrected chi connectivity index (χ2v) is 4.34. The largest absolute Gasteiger partial charge is 0.459 e. The molecule has 0 fully saturated rings. The summed E-state index contributed by atoms with van der Waals surface area (Å²) in [5, 5.41) is 5.43. The van der Waals surface area contributed by atoms with E-state index >= 15 is 0 Å². The first-order chi connectivity index (χ1) is 10.2. The van der Waals surface area contributed by atoms with Gasteiger partial charge >= 0.3 is 0 Å². The summed E-state index contributed by atoms with van der Waals surface area (Å²) in [7, 11) is 1.47. The van der Waals surface area contributed by atoms with Gasteiger partial charge in [-0.3, -0.25) is 9.59 Å². The van der Waals surface area contributed by atoms with Gasteiger partial charge in [-0.25, -0.2) is 0 Å². The van der Waals surface area contributed by atoms with Crippen LogP contribution in [0.3, 0.4) is 0 Å². The fourth-order valence-corrected chi connectivity index (χ4v) is 1.69. The molecular weight excluding hydrogens is 272 g/mol. The van der Waals surface area contributed by atoms with Crippen molar-refractivity contribution in [1.82, 2.24) is 5.32 Å². The summed E-state index contributed by atoms with van der Waals surface area (Å²) < 4.78 is 9.73. The zero-order valence-electron chi connectivity index (χ0n) is 11.6. The van der Waals surface area contributed by atoms with Gasteiger partial charge in [-0.2, -0.15) is 0 Å². The Morgan fingerprint density at radius 3 is 2.57 bits per heavy atom. The molecule has 0 atom stereocenters. The van der Waals surface area contributed by atoms with Gasteiger partial charge in [0.15, 0.2) is 5.76 Å². The topological polar surface area (TPSA) is 80.6 Å². The van der Waals surface area contributed by atoms with Gasteiger partial charge in [-0.1, -0.05) is 12.1 Å². The Hall–Kier alpha value is -2.60. The lowest BCUT2D eigenvalue weighted by molar-refractivity contribution is -0.124. The first-order valence-corrected chi connectivity index (χ1v) is 6.38. The molecule has 1 aromatic heterocycles. The van der Waals surface area contributed by atoms with Gasteiger partial charge in [-0.05, 0) is 29.8 Å². The fraction of sp³-hybridized carbons (Fsp3) is 0.200. The molecule has 2 amide bonds. The maximum atomic E-state index is 11.8. The number of hydrogen-bond acceptors (Lipinski definition) is 4. The quantitative estimate of drug-likeness (QED) is 0.849. The number of carbonyl (C=O) groups excluding carboxylic acids is 2. The third-order valence-electron chi connectivity index (χ3n) is 2.72. The highest BCUT2D eigenvalue weighted by atomic mass is 16.5. The predicted octanol–water partition coefficient (Wildman–Crippen LogP) is 1.79. The van der Waals surface area contributed by atoms with Crippen LogP contribution in [0, 0.1) is 0 Å². The van der Waals surface area contributed by atoms with E-state index in [1.54, 1.807) is 24.3 Å². The number of nitrogens with one attached hydrogen (secondary N) is 2. The van der Waals surface area contributed by atoms with Crippen molar-refractivity contribution in [3.8, 4) is 0 Å². The molecule has 0 aliphatic heterocycles. The third kappa shape index (κ3) is 4.47. The zero-order valence-corrected chi connectivity index (χ0v) is 11.6. The van der Waals surface area contributed by atoms with Crippen molar-refractivity contribution in [2.45, 2.75) is 6.54 Å². The molecule has 0 aliphatic carbocycles. The second kappa shape index (κ2) is 7.25. The molecule has 0 aliphatic rings. The Bertz CT molecular complexity index is 591. The maximum absolute atomic E-state index is 11.8. The van der Waals surface area contributed by atoms with Gasteiger partial charge in [0, 0.05) is 19.3 Å². The number of hydrogen-bond donors (Lipinski definition) is 2. The molecule has 1 aromatic carbocycles. The van der Waals surface area contributed by atoms with Crippen molar-refractivity contribution >= 4 is 17.5 Å². The minimum atomic E-state index is -0.304. The number of rotatable bonds is 6. The molecule has 0 unspecified atom stereocenters. The number of furan rings is 1. The summed E-state index contributed by atoms with van der Waals surface area (Å²) in [4.78, 5) is 23.0. The van der Waals surface area contributed by atoms with E-state index in [4.69, 9.17) is 9.15 Å². The predicted molar refractivity (Wildman–Crippen MR) is 76.8 cm³/mol. The Morgan fingerprint density at radius 1 is 1.19 bits per heavy atom. The summed E-state index contributed by atoms with van der Waals surface area (Å²) in [5.74, 6) is -0.222. The van der Waals surface area contributed by atoms with Crippen molar-refractivity contribution in [3.63, 3.8) is 0 Å². The fourth-order valence-electron chi connectivity index (χ4n) is 1.69. The van der Waals surface area contributed by atoms with E-state index in [1.807, 2.05) is 12.1 Å². The van der Waals surface area contributed by atoms with Gasteiger partial charge in [0.2, 0.25) is 5.91 Å². The average molecular weight is 288 g/mol. The van der Waals surface area contributed by atoms with Gasteiger partial charge < -0.3 is 19.8 Å². The van der Waals surface area contributed by atoms with Crippen molar-refractivity contribution in [3.05, 3.63) is 54.0 Å². The van der Waals surface area contributed by atoms with E-state index in [0.717, 1.165) is 5.56 Å². The highest BCUT2D eigenvalue weighted by Gasteiger charge is 2.08. The normalized spacial score (nSPS) is 10.1. The highest BCUT2D eigenvalue weighted by Crippen LogP contribution is 2.11. The van der Waals surface area contributed by atoms with Crippen LogP contribution in [0.4, 0.5) is 5.69 Å². The zero-order chi connectivity index (χ0) is 15.1. The van der Waals surface area contributed by atoms with Crippen LogP contribution in [-0.2, 0) is 16.1 Å². The lowest BCUT2D eigenvalue weighted by Crippen LogP contribution is -2.26. The van der Waals surface area contributed by atoms with E-state index in [9.17, 15) is 9.59 Å². The van der Waals surface area contributed by atoms with Crippen LogP contribution in [0.5, 0.6) is 0 Å². The third-order valence-corrected chi connectivity index (χ3v) is 2.72. The molecule has 6 nitrogen and oxygen atoms in total. The Morgan fingerprint density at radius 2 is 1.95 bits per heavy atom. The van der Waals surface area contributed by atoms with Gasteiger partial charge in [0.05, 0.1) is 6.26 Å². The minimum Gasteiger partial charge on any atom is -0.459 e. The molecule has 0 bridgehead atoms. The van der Waals surface area contributed by atoms with Crippen LogP contribution in [0.25, 0.3) is 0 Å². The van der Waals surface area contributed by atoms with E-state index in [-0.39, 0.29) is 24.2 Å². The first-order valence-electron chi connectivity index (χ1n) is 6.38. The van der Waals surface area contributed by atoms with E-state index in [2.05, 4.69) is 10.6 Å². The number of ether oxygens (including phenoxy) is 1. The van der Waals surface area contributed by atoms with Crippen LogP contribution >= 0.6 is 0 Å². The molecule has 1 heterocycles. The van der Waals surface area contributed by atoms with Crippen molar-refractivity contribution in [1.29, 1.82) is 0 Å². The lowest BCUT2D eigenvalue weighted by Gasteiger charge is -2.07.